The molecule has 0 radical (unpaired) electrons. The Hall–Kier alpha value is -3.36. The first-order valence-corrected chi connectivity index (χ1v) is 10.2. The van der Waals surface area contributed by atoms with Gasteiger partial charge in [-0.2, -0.15) is 5.26 Å². The maximum Gasteiger partial charge on any atom is 0.255 e. The molecule has 4 rings (SSSR count). The summed E-state index contributed by atoms with van der Waals surface area (Å²) in [4.78, 5) is 16.8. The summed E-state index contributed by atoms with van der Waals surface area (Å²) < 4.78 is 5.98. The van der Waals surface area contributed by atoms with Crippen molar-refractivity contribution < 1.29 is 9.53 Å². The van der Waals surface area contributed by atoms with Gasteiger partial charge in [0.1, 0.15) is 10.9 Å². The molecule has 0 spiro atoms. The van der Waals surface area contributed by atoms with E-state index in [2.05, 4.69) is 22.4 Å². The molecule has 6 heteroatoms. The molecule has 0 saturated heterocycles. The van der Waals surface area contributed by atoms with Crippen molar-refractivity contribution in [3.63, 3.8) is 0 Å². The summed E-state index contributed by atoms with van der Waals surface area (Å²) in [5.74, 6) is 1.38. The minimum atomic E-state index is -0.277. The number of amides is 1. The summed E-state index contributed by atoms with van der Waals surface area (Å²) in [6.45, 7) is 0.446. The molecule has 1 amide bonds. The molecule has 1 aromatic heterocycles. The lowest BCUT2D eigenvalue weighted by Crippen LogP contribution is -2.26. The number of nitriles is 1. The first-order chi connectivity index (χ1) is 14.6. The average molecular weight is 418 g/mol. The van der Waals surface area contributed by atoms with Crippen molar-refractivity contribution >= 4 is 17.5 Å². The van der Waals surface area contributed by atoms with Crippen molar-refractivity contribution in [2.75, 3.05) is 6.54 Å². The van der Waals surface area contributed by atoms with Crippen LogP contribution in [0.2, 0.25) is 5.15 Å². The normalized spacial score (nSPS) is 12.8. The van der Waals surface area contributed by atoms with Gasteiger partial charge in [0.25, 0.3) is 5.91 Å². The fourth-order valence-electron chi connectivity index (χ4n) is 3.21. The van der Waals surface area contributed by atoms with Gasteiger partial charge in [-0.3, -0.25) is 4.79 Å². The number of nitrogens with one attached hydrogen (secondary N) is 1. The summed E-state index contributed by atoms with van der Waals surface area (Å²) in [7, 11) is 0. The van der Waals surface area contributed by atoms with E-state index < -0.39 is 0 Å². The Balaban J connectivity index is 1.43. The third kappa shape index (κ3) is 4.97. The predicted molar refractivity (Wildman–Crippen MR) is 115 cm³/mol. The molecule has 0 unspecified atom stereocenters. The Morgan fingerprint density at radius 1 is 1.20 bits per heavy atom. The molecule has 2 aromatic carbocycles. The van der Waals surface area contributed by atoms with Crippen LogP contribution in [0.5, 0.6) is 11.5 Å². The summed E-state index contributed by atoms with van der Waals surface area (Å²) in [5, 5.41) is 12.0. The van der Waals surface area contributed by atoms with Gasteiger partial charge in [0, 0.05) is 6.54 Å². The zero-order chi connectivity index (χ0) is 20.9. The summed E-state index contributed by atoms with van der Waals surface area (Å²) in [6, 6.07) is 18.8. The zero-order valence-electron chi connectivity index (χ0n) is 16.3. The quantitative estimate of drug-likeness (QED) is 0.533. The molecule has 0 bridgehead atoms. The highest BCUT2D eigenvalue weighted by atomic mass is 35.5. The van der Waals surface area contributed by atoms with Crippen LogP contribution in [0, 0.1) is 11.3 Å². The number of halogens is 1. The number of aromatic nitrogens is 1. The van der Waals surface area contributed by atoms with E-state index in [1.807, 2.05) is 30.3 Å². The standard InChI is InChI=1S/C24H20ClN3O2/c25-23-13-21(24(29)27-11-10-16-4-6-17(14-26)7-5-16)22(15-28-23)30-20-3-1-2-19(12-20)18-8-9-18/h1-7,12-13,15,18H,8-11H2,(H,27,29). The zero-order valence-corrected chi connectivity index (χ0v) is 17.0. The molecule has 1 aliphatic carbocycles. The van der Waals surface area contributed by atoms with Crippen LogP contribution in [0.4, 0.5) is 0 Å². The fraction of sp³-hybridized carbons (Fsp3) is 0.208. The summed E-state index contributed by atoms with van der Waals surface area (Å²) in [5.41, 5.74) is 3.24. The lowest BCUT2D eigenvalue weighted by atomic mass is 10.1. The van der Waals surface area contributed by atoms with E-state index in [9.17, 15) is 4.79 Å². The third-order valence-electron chi connectivity index (χ3n) is 5.00. The highest BCUT2D eigenvalue weighted by Gasteiger charge is 2.24. The molecule has 30 heavy (non-hydrogen) atoms. The van der Waals surface area contributed by atoms with Gasteiger partial charge in [-0.15, -0.1) is 0 Å². The molecule has 0 aliphatic heterocycles. The van der Waals surface area contributed by atoms with Crippen molar-refractivity contribution in [1.29, 1.82) is 5.26 Å². The van der Waals surface area contributed by atoms with E-state index in [1.54, 1.807) is 12.1 Å². The van der Waals surface area contributed by atoms with Crippen LogP contribution < -0.4 is 10.1 Å². The van der Waals surface area contributed by atoms with Crippen molar-refractivity contribution in [1.82, 2.24) is 10.3 Å². The second-order valence-electron chi connectivity index (χ2n) is 7.27. The summed E-state index contributed by atoms with van der Waals surface area (Å²) >= 11 is 6.02. The van der Waals surface area contributed by atoms with E-state index in [4.69, 9.17) is 21.6 Å². The number of rotatable bonds is 7. The van der Waals surface area contributed by atoms with Gasteiger partial charge < -0.3 is 10.1 Å². The highest BCUT2D eigenvalue weighted by molar-refractivity contribution is 6.29. The maximum atomic E-state index is 12.8. The number of carbonyl (C=O) groups is 1. The molecule has 150 valence electrons. The van der Waals surface area contributed by atoms with Gasteiger partial charge in [0.15, 0.2) is 5.75 Å². The lowest BCUT2D eigenvalue weighted by Gasteiger charge is -2.12. The molecule has 1 aliphatic rings. The number of benzene rings is 2. The molecule has 5 nitrogen and oxygen atoms in total. The summed E-state index contributed by atoms with van der Waals surface area (Å²) in [6.07, 6.45) is 4.54. The van der Waals surface area contributed by atoms with Crippen molar-refractivity contribution in [2.24, 2.45) is 0 Å². The van der Waals surface area contributed by atoms with Crippen LogP contribution in [0.3, 0.4) is 0 Å². The minimum absolute atomic E-state index is 0.228. The highest BCUT2D eigenvalue weighted by Crippen LogP contribution is 2.41. The molecule has 3 aromatic rings. The topological polar surface area (TPSA) is 75.0 Å². The Bertz CT molecular complexity index is 1100. The Morgan fingerprint density at radius 3 is 2.73 bits per heavy atom. The first-order valence-electron chi connectivity index (χ1n) is 9.83. The number of nitrogens with zero attached hydrogens (tertiary/aromatic N) is 2. The van der Waals surface area contributed by atoms with Crippen LogP contribution in [0.15, 0.2) is 60.8 Å². The third-order valence-corrected chi connectivity index (χ3v) is 5.20. The number of hydrogen-bond acceptors (Lipinski definition) is 4. The van der Waals surface area contributed by atoms with Gasteiger partial charge in [-0.1, -0.05) is 35.9 Å². The van der Waals surface area contributed by atoms with Gasteiger partial charge in [0.2, 0.25) is 0 Å². The Morgan fingerprint density at radius 2 is 2.00 bits per heavy atom. The molecule has 1 fully saturated rings. The second kappa shape index (κ2) is 8.98. The van der Waals surface area contributed by atoms with E-state index in [0.717, 1.165) is 5.56 Å². The monoisotopic (exact) mass is 417 g/mol. The predicted octanol–water partition coefficient (Wildman–Crippen LogP) is 5.25. The number of ether oxygens (including phenoxy) is 1. The van der Waals surface area contributed by atoms with Crippen molar-refractivity contribution in [3.8, 4) is 17.6 Å². The van der Waals surface area contributed by atoms with Gasteiger partial charge in [0.05, 0.1) is 23.4 Å². The van der Waals surface area contributed by atoms with Gasteiger partial charge in [-0.05, 0) is 66.6 Å². The van der Waals surface area contributed by atoms with Crippen LogP contribution >= 0.6 is 11.6 Å². The molecule has 1 saturated carbocycles. The number of pyridine rings is 1. The minimum Gasteiger partial charge on any atom is -0.455 e. The van der Waals surface area contributed by atoms with E-state index in [-0.39, 0.29) is 11.1 Å². The Labute approximate surface area is 180 Å². The lowest BCUT2D eigenvalue weighted by molar-refractivity contribution is 0.0951. The fourth-order valence-corrected chi connectivity index (χ4v) is 3.37. The van der Waals surface area contributed by atoms with Crippen LogP contribution in [0.1, 0.15) is 45.8 Å². The Kier molecular flexibility index (Phi) is 5.97. The van der Waals surface area contributed by atoms with Gasteiger partial charge in [-0.25, -0.2) is 4.98 Å². The number of carbonyl (C=O) groups excluding carboxylic acids is 1. The van der Waals surface area contributed by atoms with Crippen molar-refractivity contribution in [3.05, 3.63) is 88.2 Å². The smallest absolute Gasteiger partial charge is 0.255 e. The maximum absolute atomic E-state index is 12.8. The van der Waals surface area contributed by atoms with Crippen LogP contribution in [0.25, 0.3) is 0 Å². The van der Waals surface area contributed by atoms with Gasteiger partial charge >= 0.3 is 0 Å². The molecular weight excluding hydrogens is 398 g/mol. The molecule has 1 heterocycles. The molecule has 1 N–H and O–H groups in total. The van der Waals surface area contributed by atoms with Crippen LogP contribution in [-0.2, 0) is 6.42 Å². The number of hydrogen-bond donors (Lipinski definition) is 1. The van der Waals surface area contributed by atoms with E-state index in [1.165, 1.54) is 30.7 Å². The van der Waals surface area contributed by atoms with E-state index >= 15 is 0 Å². The molecular formula is C24H20ClN3O2. The largest absolute Gasteiger partial charge is 0.455 e. The van der Waals surface area contributed by atoms with E-state index in [0.29, 0.717) is 41.5 Å². The van der Waals surface area contributed by atoms with Crippen LogP contribution in [-0.4, -0.2) is 17.4 Å². The molecule has 0 atom stereocenters. The van der Waals surface area contributed by atoms with Crippen molar-refractivity contribution in [2.45, 2.75) is 25.2 Å². The first kappa shape index (κ1) is 19.9. The second-order valence-corrected chi connectivity index (χ2v) is 7.65. The average Bonchev–Trinajstić information content (AvgIpc) is 3.61. The SMILES string of the molecule is N#Cc1ccc(CCNC(=O)c2cc(Cl)ncc2Oc2cccc(C3CC3)c2)cc1.